The van der Waals surface area contributed by atoms with Crippen LogP contribution in [0.25, 0.3) is 0 Å². The smallest absolute Gasteiger partial charge is 0.223 e. The molecule has 2 heterocycles. The molecule has 1 aromatic rings. The summed E-state index contributed by atoms with van der Waals surface area (Å²) in [5.74, 6) is 1.13. The molecule has 2 aliphatic rings. The van der Waals surface area contributed by atoms with Crippen molar-refractivity contribution < 1.29 is 4.79 Å². The van der Waals surface area contributed by atoms with Crippen molar-refractivity contribution >= 4 is 5.91 Å². The lowest BCUT2D eigenvalue weighted by Crippen LogP contribution is -2.44. The first kappa shape index (κ1) is 17.2. The summed E-state index contributed by atoms with van der Waals surface area (Å²) in [7, 11) is 0. The Morgan fingerprint density at radius 2 is 2.29 bits per heavy atom. The summed E-state index contributed by atoms with van der Waals surface area (Å²) in [5.41, 5.74) is 1.23. The minimum Gasteiger partial charge on any atom is -0.352 e. The van der Waals surface area contributed by atoms with Crippen LogP contribution in [0.15, 0.2) is 25.0 Å². The summed E-state index contributed by atoms with van der Waals surface area (Å²) in [4.78, 5) is 14.8. The molecule has 24 heavy (non-hydrogen) atoms. The normalized spacial score (nSPS) is 24.7. The van der Waals surface area contributed by atoms with Crippen molar-refractivity contribution in [2.45, 2.75) is 58.2 Å². The van der Waals surface area contributed by atoms with E-state index in [4.69, 9.17) is 0 Å². The quantitative estimate of drug-likeness (QED) is 0.745. The molecule has 1 N–H and O–H groups in total. The SMILES string of the molecule is C=CCn1cc(CN2C[C@@H](CCC)[C@H](NC(=O)C3CCC3)C2)cn1. The minimum atomic E-state index is 0.276. The molecule has 1 aliphatic heterocycles. The van der Waals surface area contributed by atoms with Gasteiger partial charge in [0.15, 0.2) is 0 Å². The van der Waals surface area contributed by atoms with E-state index in [9.17, 15) is 4.79 Å². The summed E-state index contributed by atoms with van der Waals surface area (Å²) < 4.78 is 1.91. The third-order valence-electron chi connectivity index (χ3n) is 5.39. The Morgan fingerprint density at radius 1 is 1.46 bits per heavy atom. The molecule has 2 fully saturated rings. The van der Waals surface area contributed by atoms with Crippen LogP contribution in [0, 0.1) is 11.8 Å². The maximum Gasteiger partial charge on any atom is 0.223 e. The minimum absolute atomic E-state index is 0.276. The van der Waals surface area contributed by atoms with Crippen LogP contribution < -0.4 is 5.32 Å². The summed E-state index contributed by atoms with van der Waals surface area (Å²) in [6, 6.07) is 0.307. The zero-order valence-corrected chi connectivity index (χ0v) is 14.8. The van der Waals surface area contributed by atoms with Gasteiger partial charge in [-0.2, -0.15) is 5.10 Å². The van der Waals surface area contributed by atoms with Crippen molar-refractivity contribution in [2.24, 2.45) is 11.8 Å². The van der Waals surface area contributed by atoms with Gasteiger partial charge in [-0.1, -0.05) is 25.8 Å². The van der Waals surface area contributed by atoms with Gasteiger partial charge in [-0.05, 0) is 25.2 Å². The second-order valence-electron chi connectivity index (χ2n) is 7.35. The molecule has 1 aliphatic carbocycles. The lowest BCUT2D eigenvalue weighted by Gasteiger charge is -2.27. The molecule has 1 amide bonds. The molecule has 3 rings (SSSR count). The third-order valence-corrected chi connectivity index (χ3v) is 5.39. The Balaban J connectivity index is 1.56. The topological polar surface area (TPSA) is 50.2 Å². The van der Waals surface area contributed by atoms with E-state index in [1.54, 1.807) is 0 Å². The zero-order chi connectivity index (χ0) is 16.9. The van der Waals surface area contributed by atoms with Gasteiger partial charge in [0.05, 0.1) is 12.7 Å². The van der Waals surface area contributed by atoms with E-state index >= 15 is 0 Å². The van der Waals surface area contributed by atoms with Gasteiger partial charge in [0.2, 0.25) is 5.91 Å². The second-order valence-corrected chi connectivity index (χ2v) is 7.35. The molecular formula is C19H30N4O. The number of nitrogens with zero attached hydrogens (tertiary/aromatic N) is 3. The van der Waals surface area contributed by atoms with Crippen LogP contribution in [-0.4, -0.2) is 39.7 Å². The first-order valence-electron chi connectivity index (χ1n) is 9.34. The van der Waals surface area contributed by atoms with E-state index in [0.29, 0.717) is 12.0 Å². The molecule has 0 radical (unpaired) electrons. The Bertz CT molecular complexity index is 563. The fraction of sp³-hybridized carbons (Fsp3) is 0.684. The standard InChI is InChI=1S/C19H30N4O/c1-3-6-17-13-22(11-15-10-20-23(12-15)9-4-2)14-18(17)21-19(24)16-7-5-8-16/h4,10,12,16-18H,2-3,5-9,11,13-14H2,1H3,(H,21,24)/t17-,18-/m1/s1. The highest BCUT2D eigenvalue weighted by Crippen LogP contribution is 2.28. The Kier molecular flexibility index (Phi) is 5.72. The molecule has 0 bridgehead atoms. The number of likely N-dealkylation sites (tertiary alicyclic amines) is 1. The van der Waals surface area contributed by atoms with Crippen LogP contribution in [0.2, 0.25) is 0 Å². The predicted molar refractivity (Wildman–Crippen MR) is 95.4 cm³/mol. The second kappa shape index (κ2) is 7.97. The Hall–Kier alpha value is -1.62. The maximum absolute atomic E-state index is 12.3. The first-order chi connectivity index (χ1) is 11.7. The molecular weight excluding hydrogens is 300 g/mol. The number of carbonyl (C=O) groups is 1. The molecule has 132 valence electrons. The molecule has 5 heteroatoms. The number of aromatic nitrogens is 2. The summed E-state index contributed by atoms with van der Waals surface area (Å²) in [6.07, 6.45) is 11.6. The number of nitrogens with one attached hydrogen (secondary N) is 1. The van der Waals surface area contributed by atoms with E-state index in [1.807, 2.05) is 17.0 Å². The van der Waals surface area contributed by atoms with Crippen LogP contribution in [-0.2, 0) is 17.9 Å². The number of hydrogen-bond acceptors (Lipinski definition) is 3. The molecule has 2 atom stereocenters. The zero-order valence-electron chi connectivity index (χ0n) is 14.8. The fourth-order valence-electron chi connectivity index (χ4n) is 3.87. The van der Waals surface area contributed by atoms with Crippen molar-refractivity contribution in [1.82, 2.24) is 20.0 Å². The van der Waals surface area contributed by atoms with Gasteiger partial charge >= 0.3 is 0 Å². The van der Waals surface area contributed by atoms with E-state index in [1.165, 1.54) is 24.8 Å². The summed E-state index contributed by atoms with van der Waals surface area (Å²) in [5, 5.41) is 7.70. The maximum atomic E-state index is 12.3. The molecule has 1 aromatic heterocycles. The summed E-state index contributed by atoms with van der Waals surface area (Å²) >= 11 is 0. The van der Waals surface area contributed by atoms with Crippen molar-refractivity contribution in [2.75, 3.05) is 13.1 Å². The highest BCUT2D eigenvalue weighted by atomic mass is 16.2. The van der Waals surface area contributed by atoms with Crippen molar-refractivity contribution in [3.05, 3.63) is 30.6 Å². The average molecular weight is 330 g/mol. The largest absolute Gasteiger partial charge is 0.352 e. The van der Waals surface area contributed by atoms with E-state index in [0.717, 1.165) is 39.0 Å². The van der Waals surface area contributed by atoms with E-state index in [-0.39, 0.29) is 11.8 Å². The Labute approximate surface area is 145 Å². The van der Waals surface area contributed by atoms with Gasteiger partial charge in [0, 0.05) is 43.4 Å². The van der Waals surface area contributed by atoms with Gasteiger partial charge in [-0.15, -0.1) is 6.58 Å². The van der Waals surface area contributed by atoms with Crippen molar-refractivity contribution in [3.8, 4) is 0 Å². The van der Waals surface area contributed by atoms with Gasteiger partial charge in [-0.3, -0.25) is 14.4 Å². The van der Waals surface area contributed by atoms with Gasteiger partial charge in [0.25, 0.3) is 0 Å². The number of hydrogen-bond donors (Lipinski definition) is 1. The summed E-state index contributed by atoms with van der Waals surface area (Å²) in [6.45, 7) is 9.66. The van der Waals surface area contributed by atoms with E-state index < -0.39 is 0 Å². The Morgan fingerprint density at radius 3 is 2.96 bits per heavy atom. The highest BCUT2D eigenvalue weighted by molar-refractivity contribution is 5.79. The number of carbonyl (C=O) groups excluding carboxylic acids is 1. The number of amides is 1. The fourth-order valence-corrected chi connectivity index (χ4v) is 3.87. The first-order valence-corrected chi connectivity index (χ1v) is 9.34. The molecule has 1 saturated carbocycles. The van der Waals surface area contributed by atoms with Crippen LogP contribution in [0.1, 0.15) is 44.6 Å². The predicted octanol–water partition coefficient (Wildman–Crippen LogP) is 2.59. The van der Waals surface area contributed by atoms with Crippen LogP contribution in [0.3, 0.4) is 0 Å². The molecule has 1 saturated heterocycles. The van der Waals surface area contributed by atoms with Gasteiger partial charge in [0.1, 0.15) is 0 Å². The molecule has 0 unspecified atom stereocenters. The lowest BCUT2D eigenvalue weighted by atomic mass is 9.84. The van der Waals surface area contributed by atoms with Crippen molar-refractivity contribution in [3.63, 3.8) is 0 Å². The highest BCUT2D eigenvalue weighted by Gasteiger charge is 2.35. The molecule has 0 spiro atoms. The lowest BCUT2D eigenvalue weighted by molar-refractivity contribution is -0.128. The van der Waals surface area contributed by atoms with Crippen LogP contribution in [0.4, 0.5) is 0 Å². The third kappa shape index (κ3) is 4.07. The monoisotopic (exact) mass is 330 g/mol. The average Bonchev–Trinajstić information content (AvgIpc) is 3.06. The molecule has 5 nitrogen and oxygen atoms in total. The van der Waals surface area contributed by atoms with E-state index in [2.05, 4.69) is 35.0 Å². The number of rotatable bonds is 8. The van der Waals surface area contributed by atoms with Gasteiger partial charge < -0.3 is 5.32 Å². The van der Waals surface area contributed by atoms with Gasteiger partial charge in [-0.25, -0.2) is 0 Å². The van der Waals surface area contributed by atoms with Crippen LogP contribution >= 0.6 is 0 Å². The van der Waals surface area contributed by atoms with Crippen molar-refractivity contribution in [1.29, 1.82) is 0 Å². The van der Waals surface area contributed by atoms with Crippen LogP contribution in [0.5, 0.6) is 0 Å². The molecule has 0 aromatic carbocycles. The number of allylic oxidation sites excluding steroid dienone is 1.